The van der Waals surface area contributed by atoms with E-state index in [2.05, 4.69) is 10.6 Å². The normalized spacial score (nSPS) is 14.9. The molecule has 33 heavy (non-hydrogen) atoms. The predicted octanol–water partition coefficient (Wildman–Crippen LogP) is 3.03. The van der Waals surface area contributed by atoms with Gasteiger partial charge in [0.2, 0.25) is 11.8 Å². The first-order chi connectivity index (χ1) is 15.9. The summed E-state index contributed by atoms with van der Waals surface area (Å²) in [5.74, 6) is 0.365. The molecule has 0 radical (unpaired) electrons. The van der Waals surface area contributed by atoms with E-state index in [9.17, 15) is 18.8 Å². The molecule has 1 aromatic carbocycles. The number of nitrogens with zero attached hydrogens (tertiary/aromatic N) is 1. The lowest BCUT2D eigenvalue weighted by molar-refractivity contribution is -0.130. The van der Waals surface area contributed by atoms with Crippen molar-refractivity contribution in [2.24, 2.45) is 5.92 Å². The summed E-state index contributed by atoms with van der Waals surface area (Å²) >= 11 is 0. The van der Waals surface area contributed by atoms with Crippen LogP contribution in [0.3, 0.4) is 0 Å². The van der Waals surface area contributed by atoms with Gasteiger partial charge in [0, 0.05) is 33.5 Å². The molecule has 2 rings (SSSR count). The summed E-state index contributed by atoms with van der Waals surface area (Å²) in [6.07, 6.45) is 5.63. The monoisotopic (exact) mass is 463 g/mol. The highest BCUT2D eigenvalue weighted by Crippen LogP contribution is 2.32. The van der Waals surface area contributed by atoms with E-state index in [0.717, 1.165) is 31.1 Å². The minimum Gasteiger partial charge on any atom is -0.490 e. The maximum absolute atomic E-state index is 14.1. The van der Waals surface area contributed by atoms with Gasteiger partial charge in [-0.25, -0.2) is 4.39 Å². The average Bonchev–Trinajstić information content (AvgIpc) is 3.65. The molecule has 0 aliphatic heterocycles. The van der Waals surface area contributed by atoms with E-state index in [0.29, 0.717) is 51.3 Å². The van der Waals surface area contributed by atoms with E-state index < -0.39 is 0 Å². The molecule has 1 aliphatic rings. The van der Waals surface area contributed by atoms with Gasteiger partial charge < -0.3 is 25.1 Å². The molecule has 1 aromatic rings. The highest BCUT2D eigenvalue weighted by Gasteiger charge is 2.23. The lowest BCUT2D eigenvalue weighted by Crippen LogP contribution is -2.35. The van der Waals surface area contributed by atoms with Gasteiger partial charge in [-0.15, -0.1) is 0 Å². The van der Waals surface area contributed by atoms with Crippen molar-refractivity contribution >= 4 is 18.1 Å². The highest BCUT2D eigenvalue weighted by atomic mass is 19.1. The number of benzene rings is 1. The summed E-state index contributed by atoms with van der Waals surface area (Å²) in [7, 11) is 3.34. The van der Waals surface area contributed by atoms with E-state index in [4.69, 9.17) is 4.74 Å². The molecular weight excluding hydrogens is 425 g/mol. The van der Waals surface area contributed by atoms with Crippen LogP contribution in [0.2, 0.25) is 0 Å². The fourth-order valence-electron chi connectivity index (χ4n) is 3.60. The van der Waals surface area contributed by atoms with Gasteiger partial charge >= 0.3 is 0 Å². The molecule has 1 saturated carbocycles. The number of carbonyl (C=O) groups excluding carboxylic acids is 3. The summed E-state index contributed by atoms with van der Waals surface area (Å²) < 4.78 is 19.8. The van der Waals surface area contributed by atoms with E-state index in [-0.39, 0.29) is 35.3 Å². The van der Waals surface area contributed by atoms with E-state index in [1.807, 2.05) is 6.92 Å². The number of nitrogens with one attached hydrogen (secondary N) is 2. The van der Waals surface area contributed by atoms with E-state index in [1.165, 1.54) is 6.07 Å². The summed E-state index contributed by atoms with van der Waals surface area (Å²) in [5.41, 5.74) is 0.915. The molecule has 1 fully saturated rings. The summed E-state index contributed by atoms with van der Waals surface area (Å²) in [6, 6.07) is 4.53. The van der Waals surface area contributed by atoms with Crippen LogP contribution in [-0.4, -0.2) is 62.8 Å². The number of ether oxygens (including phenoxy) is 1. The first-order valence-electron chi connectivity index (χ1n) is 11.9. The molecule has 0 aromatic heterocycles. The lowest BCUT2D eigenvalue weighted by atomic mass is 9.92. The zero-order valence-electron chi connectivity index (χ0n) is 20.1. The molecule has 184 valence electrons. The number of aldehydes is 1. The van der Waals surface area contributed by atoms with Gasteiger partial charge in [0.1, 0.15) is 6.29 Å². The third-order valence-electron chi connectivity index (χ3n) is 6.14. The SMILES string of the molecule is CCC(CC(=O)N(C)CCCNC(C=O)CCC(=O)NC)c1ccc(F)c(OCC2CC2)c1. The second-order valence-corrected chi connectivity index (χ2v) is 8.83. The number of halogens is 1. The van der Waals surface area contributed by atoms with Crippen molar-refractivity contribution in [2.75, 3.05) is 33.8 Å². The molecule has 2 amide bonds. The minimum atomic E-state index is -0.373. The summed E-state index contributed by atoms with van der Waals surface area (Å²) in [6.45, 7) is 3.70. The Bertz CT molecular complexity index is 785. The maximum atomic E-state index is 14.1. The maximum Gasteiger partial charge on any atom is 0.222 e. The van der Waals surface area contributed by atoms with E-state index in [1.54, 1.807) is 31.1 Å². The standard InChI is InChI=1S/C25H38FN3O4/c1-4-19(20-8-10-22(26)23(14-20)33-17-18-6-7-18)15-25(32)29(3)13-5-12-28-21(16-30)9-11-24(31)27-2/h8,10,14,16,18-19,21,28H,4-7,9,11-13,15,17H2,1-3H3,(H,27,31). The highest BCUT2D eigenvalue weighted by molar-refractivity contribution is 5.77. The second-order valence-electron chi connectivity index (χ2n) is 8.83. The van der Waals surface area contributed by atoms with Crippen molar-refractivity contribution < 1.29 is 23.5 Å². The van der Waals surface area contributed by atoms with Gasteiger partial charge in [-0.05, 0) is 68.2 Å². The lowest BCUT2D eigenvalue weighted by Gasteiger charge is -2.22. The Morgan fingerprint density at radius 3 is 2.73 bits per heavy atom. The topological polar surface area (TPSA) is 87.7 Å². The second kappa shape index (κ2) is 13.9. The number of rotatable bonds is 16. The van der Waals surface area contributed by atoms with Crippen LogP contribution in [0.15, 0.2) is 18.2 Å². The van der Waals surface area contributed by atoms with Crippen LogP contribution < -0.4 is 15.4 Å². The molecule has 2 N–H and O–H groups in total. The smallest absolute Gasteiger partial charge is 0.222 e. The Balaban J connectivity index is 1.78. The van der Waals surface area contributed by atoms with Crippen molar-refractivity contribution in [3.8, 4) is 5.75 Å². The molecule has 2 unspecified atom stereocenters. The van der Waals surface area contributed by atoms with E-state index >= 15 is 0 Å². The van der Waals surface area contributed by atoms with Gasteiger partial charge in [-0.3, -0.25) is 9.59 Å². The van der Waals surface area contributed by atoms with Gasteiger partial charge in [-0.1, -0.05) is 13.0 Å². The van der Waals surface area contributed by atoms with Crippen molar-refractivity contribution in [3.63, 3.8) is 0 Å². The van der Waals surface area contributed by atoms with Crippen molar-refractivity contribution in [3.05, 3.63) is 29.6 Å². The van der Waals surface area contributed by atoms with Crippen LogP contribution in [0.4, 0.5) is 4.39 Å². The molecule has 0 heterocycles. The Hall–Kier alpha value is -2.48. The Labute approximate surface area is 196 Å². The predicted molar refractivity (Wildman–Crippen MR) is 126 cm³/mol. The molecular formula is C25H38FN3O4. The molecule has 2 atom stereocenters. The van der Waals surface area contributed by atoms with Gasteiger partial charge in [0.15, 0.2) is 11.6 Å². The molecule has 1 aliphatic carbocycles. The zero-order chi connectivity index (χ0) is 24.2. The molecule has 0 saturated heterocycles. The number of hydrogen-bond donors (Lipinski definition) is 2. The third-order valence-corrected chi connectivity index (χ3v) is 6.14. The van der Waals surface area contributed by atoms with Crippen LogP contribution in [0.25, 0.3) is 0 Å². The largest absolute Gasteiger partial charge is 0.490 e. The van der Waals surface area contributed by atoms with Gasteiger partial charge in [0.05, 0.1) is 12.6 Å². The van der Waals surface area contributed by atoms with Crippen LogP contribution in [0.1, 0.15) is 63.4 Å². The average molecular weight is 464 g/mol. The van der Waals surface area contributed by atoms with Crippen LogP contribution in [0, 0.1) is 11.7 Å². The van der Waals surface area contributed by atoms with Crippen LogP contribution in [0.5, 0.6) is 5.75 Å². The van der Waals surface area contributed by atoms with Crippen LogP contribution >= 0.6 is 0 Å². The number of carbonyl (C=O) groups is 3. The Kier molecular flexibility index (Phi) is 11.3. The minimum absolute atomic E-state index is 0.00824. The molecule has 0 bridgehead atoms. The molecule has 0 spiro atoms. The Morgan fingerprint density at radius 2 is 2.09 bits per heavy atom. The summed E-state index contributed by atoms with van der Waals surface area (Å²) in [5, 5.41) is 5.66. The zero-order valence-corrected chi connectivity index (χ0v) is 20.1. The number of hydrogen-bond acceptors (Lipinski definition) is 5. The fraction of sp³-hybridized carbons (Fsp3) is 0.640. The quantitative estimate of drug-likeness (QED) is 0.291. The van der Waals surface area contributed by atoms with Crippen molar-refractivity contribution in [2.45, 2.75) is 63.8 Å². The van der Waals surface area contributed by atoms with Crippen molar-refractivity contribution in [1.82, 2.24) is 15.5 Å². The number of amides is 2. The van der Waals surface area contributed by atoms with Crippen molar-refractivity contribution in [1.29, 1.82) is 0 Å². The third kappa shape index (κ3) is 9.50. The molecule has 8 heteroatoms. The van der Waals surface area contributed by atoms with Gasteiger partial charge in [-0.2, -0.15) is 0 Å². The van der Waals surface area contributed by atoms with Gasteiger partial charge in [0.25, 0.3) is 0 Å². The first-order valence-corrected chi connectivity index (χ1v) is 11.9. The summed E-state index contributed by atoms with van der Waals surface area (Å²) in [4.78, 5) is 36.9. The Morgan fingerprint density at radius 1 is 1.33 bits per heavy atom. The first kappa shape index (κ1) is 26.8. The fourth-order valence-corrected chi connectivity index (χ4v) is 3.60. The molecule has 7 nitrogen and oxygen atoms in total. The van der Waals surface area contributed by atoms with Crippen LogP contribution in [-0.2, 0) is 14.4 Å².